The van der Waals surface area contributed by atoms with Crippen molar-refractivity contribution in [2.75, 3.05) is 7.05 Å². The molecule has 0 aliphatic rings. The van der Waals surface area contributed by atoms with Gasteiger partial charge in [-0.2, -0.15) is 6.92 Å². The van der Waals surface area contributed by atoms with Crippen molar-refractivity contribution in [2.45, 2.75) is 47.0 Å². The number of hydrogen-bond acceptors (Lipinski definition) is 3. The van der Waals surface area contributed by atoms with Gasteiger partial charge in [-0.05, 0) is 25.5 Å². The Morgan fingerprint density at radius 1 is 1.25 bits per heavy atom. The van der Waals surface area contributed by atoms with E-state index in [0.29, 0.717) is 6.42 Å². The molecule has 24 heavy (non-hydrogen) atoms. The van der Waals surface area contributed by atoms with Crippen molar-refractivity contribution in [1.82, 2.24) is 15.0 Å². The quantitative estimate of drug-likeness (QED) is 0.706. The molecule has 0 aliphatic heterocycles. The van der Waals surface area contributed by atoms with Crippen LogP contribution in [0.4, 0.5) is 0 Å². The van der Waals surface area contributed by atoms with E-state index >= 15 is 0 Å². The van der Waals surface area contributed by atoms with E-state index in [9.17, 15) is 4.79 Å². The first-order chi connectivity index (χ1) is 11.1. The second kappa shape index (κ2) is 14.3. The number of benzene rings is 1. The molecule has 1 aromatic carbocycles. The molecule has 1 unspecified atom stereocenters. The van der Waals surface area contributed by atoms with Gasteiger partial charge < -0.3 is 17.0 Å². The van der Waals surface area contributed by atoms with Gasteiger partial charge in [-0.15, -0.1) is 12.1 Å². The van der Waals surface area contributed by atoms with Crippen LogP contribution in [0.1, 0.15) is 51.4 Å². The maximum absolute atomic E-state index is 11.4. The molecule has 0 aliphatic carbocycles. The zero-order valence-electron chi connectivity index (χ0n) is 15.7. The minimum Gasteiger partial charge on any atom is -0.656 e. The molecular formula is C18H28N4OY-2. The number of rotatable bonds is 4. The van der Waals surface area contributed by atoms with E-state index in [2.05, 4.69) is 22.6 Å². The molecule has 2 rings (SSSR count). The van der Waals surface area contributed by atoms with Gasteiger partial charge in [0.05, 0.1) is 23.0 Å². The summed E-state index contributed by atoms with van der Waals surface area (Å²) in [6.45, 7) is 12.9. The molecule has 0 spiro atoms. The number of amides is 1. The van der Waals surface area contributed by atoms with Crippen molar-refractivity contribution < 1.29 is 37.5 Å². The molecule has 1 radical (unpaired) electrons. The third-order valence-corrected chi connectivity index (χ3v) is 3.13. The molecular weight excluding hydrogens is 377 g/mol. The Morgan fingerprint density at radius 2 is 1.79 bits per heavy atom. The molecule has 1 aromatic heterocycles. The molecule has 0 saturated carbocycles. The van der Waals surface area contributed by atoms with Gasteiger partial charge in [0.25, 0.3) is 0 Å². The Hall–Kier alpha value is -1.07. The summed E-state index contributed by atoms with van der Waals surface area (Å²) in [6.07, 6.45) is 0.366. The molecule has 0 N–H and O–H groups in total. The van der Waals surface area contributed by atoms with Gasteiger partial charge in [-0.25, -0.2) is 4.68 Å². The number of carbonyl (C=O) groups is 1. The molecule has 1 heterocycles. The minimum absolute atomic E-state index is 0. The predicted molar refractivity (Wildman–Crippen MR) is 95.8 cm³/mol. The first-order valence-electron chi connectivity index (χ1n) is 7.94. The van der Waals surface area contributed by atoms with Gasteiger partial charge in [0.15, 0.2) is 0 Å². The van der Waals surface area contributed by atoms with Crippen LogP contribution in [0.3, 0.4) is 0 Å². The largest absolute Gasteiger partial charge is 0.656 e. The number of para-hydroxylation sites is 1. The topological polar surface area (TPSA) is 61.9 Å². The Kier molecular flexibility index (Phi) is 15.0. The maximum Gasteiger partial charge on any atom is 0.0892 e. The van der Waals surface area contributed by atoms with E-state index < -0.39 is 0 Å². The van der Waals surface area contributed by atoms with E-state index in [1.165, 1.54) is 7.05 Å². The van der Waals surface area contributed by atoms with Crippen molar-refractivity contribution >= 4 is 5.91 Å². The van der Waals surface area contributed by atoms with Gasteiger partial charge >= 0.3 is 0 Å². The normalized spacial score (nSPS) is 10.1. The molecule has 1 atom stereocenters. The van der Waals surface area contributed by atoms with Crippen LogP contribution in [0, 0.1) is 13.8 Å². The molecule has 0 saturated heterocycles. The summed E-state index contributed by atoms with van der Waals surface area (Å²) in [5, 5.41) is 12.0. The van der Waals surface area contributed by atoms with E-state index in [0.717, 1.165) is 17.1 Å². The van der Waals surface area contributed by atoms with E-state index in [1.54, 1.807) is 11.6 Å². The number of carbonyl (C=O) groups excluding carboxylic acids is 1. The second-order valence-electron chi connectivity index (χ2n) is 4.53. The van der Waals surface area contributed by atoms with Gasteiger partial charge in [-0.3, -0.25) is 0 Å². The fourth-order valence-corrected chi connectivity index (χ4v) is 2.06. The molecule has 0 fully saturated rings. The van der Waals surface area contributed by atoms with E-state index in [1.807, 2.05) is 58.0 Å². The summed E-state index contributed by atoms with van der Waals surface area (Å²) >= 11 is 0. The van der Waals surface area contributed by atoms with Crippen molar-refractivity contribution in [2.24, 2.45) is 0 Å². The monoisotopic (exact) mass is 405 g/mol. The Balaban J connectivity index is 0. The third-order valence-electron chi connectivity index (χ3n) is 3.13. The molecule has 6 heteroatoms. The Labute approximate surface area is 171 Å². The average molecular weight is 405 g/mol. The fraction of sp³-hybridized carbons (Fsp3) is 0.444. The first kappa shape index (κ1) is 25.2. The fourth-order valence-electron chi connectivity index (χ4n) is 2.06. The number of hydrogen-bond donors (Lipinski definition) is 0. The van der Waals surface area contributed by atoms with Gasteiger partial charge in [-0.1, -0.05) is 44.2 Å². The molecule has 1 amide bonds. The van der Waals surface area contributed by atoms with Crippen LogP contribution in [0.15, 0.2) is 30.3 Å². The van der Waals surface area contributed by atoms with Crippen LogP contribution in [0.2, 0.25) is 0 Å². The first-order valence-corrected chi connectivity index (χ1v) is 7.94. The average Bonchev–Trinajstić information content (AvgIpc) is 3.00. The third kappa shape index (κ3) is 7.22. The van der Waals surface area contributed by atoms with Gasteiger partial charge in [0, 0.05) is 38.6 Å². The van der Waals surface area contributed by atoms with Crippen LogP contribution in [-0.4, -0.2) is 27.9 Å². The van der Waals surface area contributed by atoms with Gasteiger partial charge in [0.1, 0.15) is 0 Å². The van der Waals surface area contributed by atoms with Crippen LogP contribution in [0.5, 0.6) is 0 Å². The summed E-state index contributed by atoms with van der Waals surface area (Å²) in [4.78, 5) is 11.4. The minimum atomic E-state index is -0.110. The van der Waals surface area contributed by atoms with E-state index in [4.69, 9.17) is 0 Å². The maximum atomic E-state index is 11.4. The summed E-state index contributed by atoms with van der Waals surface area (Å²) in [6, 6.07) is 9.82. The van der Waals surface area contributed by atoms with Crippen molar-refractivity contribution in [1.29, 1.82) is 0 Å². The van der Waals surface area contributed by atoms with Gasteiger partial charge in [0.2, 0.25) is 0 Å². The summed E-state index contributed by atoms with van der Waals surface area (Å²) < 4.78 is 1.79. The van der Waals surface area contributed by atoms with Crippen LogP contribution in [0.25, 0.3) is 11.0 Å². The van der Waals surface area contributed by atoms with Crippen molar-refractivity contribution in [3.8, 4) is 5.69 Å². The van der Waals surface area contributed by atoms with Crippen LogP contribution in [-0.2, 0) is 37.5 Å². The Bertz CT molecular complexity index is 570. The molecule has 131 valence electrons. The zero-order valence-corrected chi connectivity index (χ0v) is 18.5. The summed E-state index contributed by atoms with van der Waals surface area (Å²) in [7, 11) is 1.52. The Morgan fingerprint density at radius 3 is 2.29 bits per heavy atom. The van der Waals surface area contributed by atoms with Crippen molar-refractivity contribution in [3.05, 3.63) is 54.0 Å². The zero-order chi connectivity index (χ0) is 17.8. The smallest absolute Gasteiger partial charge is 0.0892 e. The predicted octanol–water partition coefficient (Wildman–Crippen LogP) is 4.46. The summed E-state index contributed by atoms with van der Waals surface area (Å²) in [5.74, 6) is -0.0881. The standard InChI is InChI=1S/C14H18N4O.C2H6.C2H5.Y/c1-10(9-13(19)15-3)14-11(2)18(17-16-14)12-7-5-4-6-8-12;2*1-2;/h4-8,10H,9H2,1-3H3,(H,15,19);1-2H3;1H2,2H3;/q;;-1;/p-1. The number of nitrogens with zero attached hydrogens (tertiary/aromatic N) is 4. The van der Waals surface area contributed by atoms with Crippen LogP contribution < -0.4 is 0 Å². The second-order valence-corrected chi connectivity index (χ2v) is 4.53. The summed E-state index contributed by atoms with van der Waals surface area (Å²) in [5.41, 5.74) is 2.78. The molecule has 0 bridgehead atoms. The molecule has 5 nitrogen and oxygen atoms in total. The molecule has 2 aromatic rings. The number of aromatic nitrogens is 3. The van der Waals surface area contributed by atoms with E-state index in [-0.39, 0.29) is 44.5 Å². The van der Waals surface area contributed by atoms with Crippen molar-refractivity contribution in [3.63, 3.8) is 0 Å². The SMILES string of the molecule is CC.C[N-]C(=O)CC(C)c1nnn(-c2ccccc2)c1C.[CH2-]C.[Y]. The van der Waals surface area contributed by atoms with Crippen LogP contribution >= 0.6 is 0 Å².